The Bertz CT molecular complexity index is 749. The van der Waals surface area contributed by atoms with Crippen LogP contribution in [-0.4, -0.2) is 32.1 Å². The van der Waals surface area contributed by atoms with Crippen LogP contribution in [0.5, 0.6) is 0 Å². The number of nitrogens with two attached hydrogens (primary N) is 1. The standard InChI is InChI=1S/C18H24N4O2/c1-15(3-2-4-15)22-13-11(12(19)23)9-20-14(21-13)18-10-16(18)5-7-17(18,24)8-6-16/h9,24H,2-8,10H2,1H3,(H2,19,23)(H,20,21,22). The Morgan fingerprint density at radius 1 is 1.25 bits per heavy atom. The zero-order chi connectivity index (χ0) is 16.8. The van der Waals surface area contributed by atoms with E-state index in [1.54, 1.807) is 6.20 Å². The van der Waals surface area contributed by atoms with E-state index in [2.05, 4.69) is 17.2 Å². The summed E-state index contributed by atoms with van der Waals surface area (Å²) in [5.74, 6) is 0.736. The summed E-state index contributed by atoms with van der Waals surface area (Å²) in [6.07, 6.45) is 9.63. The number of hydrogen-bond donors (Lipinski definition) is 3. The van der Waals surface area contributed by atoms with Gasteiger partial charge in [-0.05, 0) is 63.7 Å². The van der Waals surface area contributed by atoms with Gasteiger partial charge in [0.2, 0.25) is 0 Å². The first-order chi connectivity index (χ1) is 11.3. The van der Waals surface area contributed by atoms with Crippen molar-refractivity contribution in [3.8, 4) is 0 Å². The van der Waals surface area contributed by atoms with Gasteiger partial charge in [0, 0.05) is 11.7 Å². The molecule has 4 fully saturated rings. The lowest BCUT2D eigenvalue weighted by Gasteiger charge is -2.40. The number of rotatable bonds is 4. The lowest BCUT2D eigenvalue weighted by Crippen LogP contribution is -2.43. The van der Waals surface area contributed by atoms with E-state index in [-0.39, 0.29) is 16.4 Å². The molecule has 6 heteroatoms. The van der Waals surface area contributed by atoms with Gasteiger partial charge in [-0.3, -0.25) is 4.79 Å². The minimum absolute atomic E-state index is 0.0275. The largest absolute Gasteiger partial charge is 0.389 e. The van der Waals surface area contributed by atoms with Crippen molar-refractivity contribution in [2.75, 3.05) is 5.32 Å². The topological polar surface area (TPSA) is 101 Å². The molecule has 1 heterocycles. The molecule has 128 valence electrons. The molecule has 0 spiro atoms. The summed E-state index contributed by atoms with van der Waals surface area (Å²) >= 11 is 0. The molecule has 24 heavy (non-hydrogen) atoms. The first-order valence-electron chi connectivity index (χ1n) is 9.01. The summed E-state index contributed by atoms with van der Waals surface area (Å²) in [5, 5.41) is 14.5. The normalized spacial score (nSPS) is 40.8. The highest BCUT2D eigenvalue weighted by atomic mass is 16.3. The fourth-order valence-electron chi connectivity index (χ4n) is 5.80. The van der Waals surface area contributed by atoms with Crippen LogP contribution in [0.15, 0.2) is 6.20 Å². The molecule has 1 unspecified atom stereocenters. The third-order valence-electron chi connectivity index (χ3n) is 7.53. The van der Waals surface area contributed by atoms with Crippen LogP contribution in [0.1, 0.15) is 74.5 Å². The fraction of sp³-hybridized carbons (Fsp3) is 0.722. The van der Waals surface area contributed by atoms with Crippen LogP contribution in [0, 0.1) is 5.41 Å². The first kappa shape index (κ1) is 14.6. The van der Waals surface area contributed by atoms with Gasteiger partial charge in [-0.25, -0.2) is 9.97 Å². The zero-order valence-corrected chi connectivity index (χ0v) is 14.1. The Morgan fingerprint density at radius 3 is 2.42 bits per heavy atom. The van der Waals surface area contributed by atoms with Crippen molar-refractivity contribution < 1.29 is 9.90 Å². The van der Waals surface area contributed by atoms with E-state index < -0.39 is 11.5 Å². The summed E-state index contributed by atoms with van der Waals surface area (Å²) in [5.41, 5.74) is 5.06. The first-order valence-corrected chi connectivity index (χ1v) is 9.01. The fourth-order valence-corrected chi connectivity index (χ4v) is 5.80. The van der Waals surface area contributed by atoms with Gasteiger partial charge in [0.25, 0.3) is 5.91 Å². The summed E-state index contributed by atoms with van der Waals surface area (Å²) in [7, 11) is 0. The minimum Gasteiger partial charge on any atom is -0.389 e. The summed E-state index contributed by atoms with van der Waals surface area (Å²) < 4.78 is 0. The Hall–Kier alpha value is -1.69. The van der Waals surface area contributed by atoms with Crippen LogP contribution < -0.4 is 11.1 Å². The Labute approximate surface area is 141 Å². The van der Waals surface area contributed by atoms with Crippen LogP contribution in [0.2, 0.25) is 0 Å². The van der Waals surface area contributed by atoms with Crippen molar-refractivity contribution in [2.45, 2.75) is 74.8 Å². The van der Waals surface area contributed by atoms with E-state index in [0.29, 0.717) is 17.2 Å². The molecule has 6 nitrogen and oxygen atoms in total. The van der Waals surface area contributed by atoms with Crippen molar-refractivity contribution in [2.24, 2.45) is 11.1 Å². The predicted molar refractivity (Wildman–Crippen MR) is 88.6 cm³/mol. The minimum atomic E-state index is -0.668. The maximum atomic E-state index is 11.8. The van der Waals surface area contributed by atoms with Gasteiger partial charge in [-0.15, -0.1) is 0 Å². The van der Waals surface area contributed by atoms with E-state index in [9.17, 15) is 9.90 Å². The SMILES string of the molecule is CC1(Nc2nc(C34CC35CCC4(O)CC5)ncc2C(N)=O)CCC1. The lowest BCUT2D eigenvalue weighted by atomic mass is 9.78. The van der Waals surface area contributed by atoms with E-state index in [1.165, 1.54) is 6.42 Å². The summed E-state index contributed by atoms with van der Waals surface area (Å²) in [4.78, 5) is 21.0. The third kappa shape index (κ3) is 1.53. The highest BCUT2D eigenvalue weighted by Gasteiger charge is 2.85. The highest BCUT2D eigenvalue weighted by Crippen LogP contribution is 2.84. The van der Waals surface area contributed by atoms with Gasteiger partial charge in [-0.2, -0.15) is 0 Å². The Morgan fingerprint density at radius 2 is 1.96 bits per heavy atom. The van der Waals surface area contributed by atoms with Crippen molar-refractivity contribution in [3.63, 3.8) is 0 Å². The van der Waals surface area contributed by atoms with Crippen molar-refractivity contribution in [1.82, 2.24) is 9.97 Å². The molecule has 4 saturated carbocycles. The van der Waals surface area contributed by atoms with Crippen LogP contribution >= 0.6 is 0 Å². The predicted octanol–water partition coefficient (Wildman–Crippen LogP) is 1.88. The Kier molecular flexibility index (Phi) is 2.50. The molecule has 0 aliphatic heterocycles. The van der Waals surface area contributed by atoms with E-state index >= 15 is 0 Å². The molecule has 1 amide bonds. The third-order valence-corrected chi connectivity index (χ3v) is 7.53. The van der Waals surface area contributed by atoms with Crippen LogP contribution in [0.3, 0.4) is 0 Å². The summed E-state index contributed by atoms with van der Waals surface area (Å²) in [6.45, 7) is 2.15. The smallest absolute Gasteiger partial charge is 0.254 e. The maximum absolute atomic E-state index is 11.8. The molecule has 0 radical (unpaired) electrons. The second kappa shape index (κ2) is 4.10. The number of aliphatic hydroxyl groups is 1. The van der Waals surface area contributed by atoms with Gasteiger partial charge in [0.1, 0.15) is 11.6 Å². The number of aromatic nitrogens is 2. The monoisotopic (exact) mass is 328 g/mol. The maximum Gasteiger partial charge on any atom is 0.254 e. The molecule has 4 aliphatic rings. The van der Waals surface area contributed by atoms with Crippen molar-refractivity contribution in [1.29, 1.82) is 0 Å². The van der Waals surface area contributed by atoms with Gasteiger partial charge in [-0.1, -0.05) is 0 Å². The second-order valence-corrected chi connectivity index (χ2v) is 8.75. The quantitative estimate of drug-likeness (QED) is 0.783. The number of nitrogens with zero attached hydrogens (tertiary/aromatic N) is 2. The second-order valence-electron chi connectivity index (χ2n) is 8.75. The van der Waals surface area contributed by atoms with E-state index in [1.807, 2.05) is 0 Å². The number of nitrogens with one attached hydrogen (secondary N) is 1. The summed E-state index contributed by atoms with van der Waals surface area (Å²) in [6, 6.07) is 0. The molecule has 5 rings (SSSR count). The van der Waals surface area contributed by atoms with Gasteiger partial charge in [0.05, 0.1) is 16.6 Å². The van der Waals surface area contributed by atoms with Gasteiger partial charge >= 0.3 is 0 Å². The Balaban J connectivity index is 1.58. The van der Waals surface area contributed by atoms with Crippen LogP contribution in [0.25, 0.3) is 0 Å². The molecule has 4 N–H and O–H groups in total. The average Bonchev–Trinajstić information content (AvgIpc) is 3.05. The number of primary amides is 1. The molecule has 1 aromatic heterocycles. The number of hydrogen-bond acceptors (Lipinski definition) is 5. The van der Waals surface area contributed by atoms with Gasteiger partial charge < -0.3 is 16.2 Å². The van der Waals surface area contributed by atoms with Crippen LogP contribution in [0.4, 0.5) is 5.82 Å². The van der Waals surface area contributed by atoms with E-state index in [0.717, 1.165) is 44.9 Å². The number of carbonyl (C=O) groups is 1. The molecule has 1 atom stereocenters. The molecule has 2 bridgehead atoms. The number of amides is 1. The molecule has 0 saturated heterocycles. The highest BCUT2D eigenvalue weighted by molar-refractivity contribution is 5.97. The zero-order valence-electron chi connectivity index (χ0n) is 14.1. The number of carbonyl (C=O) groups excluding carboxylic acids is 1. The van der Waals surface area contributed by atoms with Crippen molar-refractivity contribution >= 4 is 11.7 Å². The van der Waals surface area contributed by atoms with Crippen molar-refractivity contribution in [3.05, 3.63) is 17.6 Å². The lowest BCUT2D eigenvalue weighted by molar-refractivity contribution is 0.00559. The molecular formula is C18H24N4O2. The number of anilines is 1. The molecule has 4 aliphatic carbocycles. The van der Waals surface area contributed by atoms with Gasteiger partial charge in [0.15, 0.2) is 0 Å². The molecule has 1 aromatic rings. The molecular weight excluding hydrogens is 304 g/mol. The average molecular weight is 328 g/mol. The van der Waals surface area contributed by atoms with E-state index in [4.69, 9.17) is 10.7 Å². The molecule has 0 aromatic carbocycles. The van der Waals surface area contributed by atoms with Crippen LogP contribution in [-0.2, 0) is 5.41 Å².